The zero-order chi connectivity index (χ0) is 12.9. The molecule has 0 spiro atoms. The molecule has 17 heavy (non-hydrogen) atoms. The van der Waals surface area contributed by atoms with E-state index in [4.69, 9.17) is 4.74 Å². The van der Waals surface area contributed by atoms with E-state index in [1.54, 1.807) is 6.92 Å². The summed E-state index contributed by atoms with van der Waals surface area (Å²) in [6, 6.07) is 0. The summed E-state index contributed by atoms with van der Waals surface area (Å²) in [6.07, 6.45) is 1.44. The van der Waals surface area contributed by atoms with Crippen molar-refractivity contribution in [1.29, 1.82) is 0 Å². The normalized spacial score (nSPS) is 19.9. The lowest BCUT2D eigenvalue weighted by atomic mass is 9.84. The highest BCUT2D eigenvalue weighted by Crippen LogP contribution is 2.30. The van der Waals surface area contributed by atoms with Crippen LogP contribution in [-0.2, 0) is 9.53 Å². The molecule has 0 aliphatic carbocycles. The summed E-state index contributed by atoms with van der Waals surface area (Å²) in [7, 11) is 1.95. The van der Waals surface area contributed by atoms with E-state index in [-0.39, 0.29) is 23.7 Å². The van der Waals surface area contributed by atoms with Gasteiger partial charge in [0.15, 0.2) is 0 Å². The Hall–Kier alpha value is -1.17. The summed E-state index contributed by atoms with van der Waals surface area (Å²) in [5.41, 5.74) is -0.931. The molecule has 0 N–H and O–H groups in total. The Bertz CT molecular complexity index is 285. The average molecular weight is 244 g/mol. The molecule has 1 heterocycles. The Balaban J connectivity index is 2.54. The lowest BCUT2D eigenvalue weighted by molar-refractivity contribution is -0.576. The lowest BCUT2D eigenvalue weighted by Gasteiger charge is -2.33. The molecule has 1 fully saturated rings. The third kappa shape index (κ3) is 3.66. The highest BCUT2D eigenvalue weighted by molar-refractivity contribution is 5.69. The van der Waals surface area contributed by atoms with E-state index in [1.807, 2.05) is 7.05 Å². The number of piperidine rings is 1. The van der Waals surface area contributed by atoms with Gasteiger partial charge in [-0.3, -0.25) is 14.9 Å². The number of rotatable bonds is 5. The number of nitro groups is 1. The SMILES string of the molecule is CCOC(=O)CCC1([N+](=O)[O-])CCN(C)CC1. The molecule has 6 heteroatoms. The van der Waals surface area contributed by atoms with E-state index in [2.05, 4.69) is 4.90 Å². The van der Waals surface area contributed by atoms with Gasteiger partial charge in [0.2, 0.25) is 5.54 Å². The van der Waals surface area contributed by atoms with E-state index >= 15 is 0 Å². The fourth-order valence-corrected chi connectivity index (χ4v) is 2.13. The first kappa shape index (κ1) is 13.9. The minimum absolute atomic E-state index is 0.137. The zero-order valence-electron chi connectivity index (χ0n) is 10.5. The van der Waals surface area contributed by atoms with E-state index in [0.717, 1.165) is 0 Å². The number of esters is 1. The van der Waals surface area contributed by atoms with Crippen molar-refractivity contribution in [3.8, 4) is 0 Å². The summed E-state index contributed by atoms with van der Waals surface area (Å²) in [6.45, 7) is 3.48. The molecule has 0 bridgehead atoms. The van der Waals surface area contributed by atoms with Crippen molar-refractivity contribution in [3.63, 3.8) is 0 Å². The topological polar surface area (TPSA) is 72.7 Å². The quantitative estimate of drug-likeness (QED) is 0.411. The van der Waals surface area contributed by atoms with Gasteiger partial charge in [-0.1, -0.05) is 0 Å². The minimum atomic E-state index is -0.931. The Morgan fingerprint density at radius 1 is 1.47 bits per heavy atom. The van der Waals surface area contributed by atoms with Gasteiger partial charge in [-0.15, -0.1) is 0 Å². The monoisotopic (exact) mass is 244 g/mol. The first-order valence-corrected chi connectivity index (χ1v) is 5.99. The van der Waals surface area contributed by atoms with Gasteiger partial charge in [0.05, 0.1) is 13.0 Å². The Morgan fingerprint density at radius 3 is 2.53 bits per heavy atom. The van der Waals surface area contributed by atoms with Crippen LogP contribution in [-0.4, -0.2) is 48.1 Å². The van der Waals surface area contributed by atoms with Crippen LogP contribution in [0.25, 0.3) is 0 Å². The molecule has 1 saturated heterocycles. The van der Waals surface area contributed by atoms with Crippen molar-refractivity contribution in [2.45, 2.75) is 38.1 Å². The molecule has 1 aliphatic rings. The summed E-state index contributed by atoms with van der Waals surface area (Å²) < 4.78 is 4.81. The van der Waals surface area contributed by atoms with E-state index in [1.165, 1.54) is 0 Å². The van der Waals surface area contributed by atoms with Crippen LogP contribution >= 0.6 is 0 Å². The summed E-state index contributed by atoms with van der Waals surface area (Å²) in [5.74, 6) is -0.340. The number of hydrogen-bond acceptors (Lipinski definition) is 5. The smallest absolute Gasteiger partial charge is 0.306 e. The molecule has 0 saturated carbocycles. The highest BCUT2D eigenvalue weighted by Gasteiger charge is 2.44. The summed E-state index contributed by atoms with van der Waals surface area (Å²) in [4.78, 5) is 24.3. The molecular weight excluding hydrogens is 224 g/mol. The van der Waals surface area contributed by atoms with Crippen LogP contribution in [0.2, 0.25) is 0 Å². The molecule has 0 atom stereocenters. The molecule has 0 amide bonds. The molecule has 0 radical (unpaired) electrons. The molecule has 1 rings (SSSR count). The van der Waals surface area contributed by atoms with Gasteiger partial charge in [-0.2, -0.15) is 0 Å². The van der Waals surface area contributed by atoms with E-state index in [9.17, 15) is 14.9 Å². The zero-order valence-corrected chi connectivity index (χ0v) is 10.5. The van der Waals surface area contributed by atoms with E-state index < -0.39 is 5.54 Å². The van der Waals surface area contributed by atoms with Gasteiger partial charge < -0.3 is 9.64 Å². The molecule has 1 aliphatic heterocycles. The predicted molar refractivity (Wildman–Crippen MR) is 62.3 cm³/mol. The summed E-state index contributed by atoms with van der Waals surface area (Å²) >= 11 is 0. The number of carbonyl (C=O) groups excluding carboxylic acids is 1. The minimum Gasteiger partial charge on any atom is -0.466 e. The number of ether oxygens (including phenoxy) is 1. The second-order valence-electron chi connectivity index (χ2n) is 4.59. The predicted octanol–water partition coefficient (Wildman–Crippen LogP) is 1.07. The second kappa shape index (κ2) is 5.95. The van der Waals surface area contributed by atoms with Crippen molar-refractivity contribution >= 4 is 5.97 Å². The van der Waals surface area contributed by atoms with Gasteiger partial charge in [0.1, 0.15) is 0 Å². The summed E-state index contributed by atoms with van der Waals surface area (Å²) in [5, 5.41) is 11.2. The highest BCUT2D eigenvalue weighted by atomic mass is 16.6. The van der Waals surface area contributed by atoms with Crippen LogP contribution in [0.3, 0.4) is 0 Å². The van der Waals surface area contributed by atoms with Gasteiger partial charge in [-0.25, -0.2) is 0 Å². The van der Waals surface area contributed by atoms with Gasteiger partial charge in [-0.05, 0) is 14.0 Å². The number of carbonyl (C=O) groups is 1. The van der Waals surface area contributed by atoms with Gasteiger partial charge in [0, 0.05) is 37.3 Å². The Morgan fingerprint density at radius 2 is 2.06 bits per heavy atom. The number of likely N-dealkylation sites (tertiary alicyclic amines) is 1. The third-order valence-electron chi connectivity index (χ3n) is 3.40. The fraction of sp³-hybridized carbons (Fsp3) is 0.909. The maximum atomic E-state index is 11.3. The van der Waals surface area contributed by atoms with Crippen molar-refractivity contribution in [1.82, 2.24) is 4.90 Å². The van der Waals surface area contributed by atoms with Crippen LogP contribution < -0.4 is 0 Å². The Kier molecular flexibility index (Phi) is 4.86. The van der Waals surface area contributed by atoms with Crippen LogP contribution in [0.1, 0.15) is 32.6 Å². The number of nitrogens with zero attached hydrogens (tertiary/aromatic N) is 2. The van der Waals surface area contributed by atoms with Gasteiger partial charge >= 0.3 is 5.97 Å². The third-order valence-corrected chi connectivity index (χ3v) is 3.40. The first-order valence-electron chi connectivity index (χ1n) is 5.99. The van der Waals surface area contributed by atoms with Crippen molar-refractivity contribution in [3.05, 3.63) is 10.1 Å². The van der Waals surface area contributed by atoms with Crippen LogP contribution in [0.4, 0.5) is 0 Å². The molecule has 6 nitrogen and oxygen atoms in total. The van der Waals surface area contributed by atoms with Crippen molar-refractivity contribution in [2.24, 2.45) is 0 Å². The molecule has 0 aromatic heterocycles. The lowest BCUT2D eigenvalue weighted by Crippen LogP contribution is -2.48. The first-order chi connectivity index (χ1) is 8.00. The standard InChI is InChI=1S/C11H20N2O4/c1-3-17-10(14)4-5-11(13(15)16)6-8-12(2)9-7-11/h3-9H2,1-2H3. The molecule has 98 valence electrons. The second-order valence-corrected chi connectivity index (χ2v) is 4.59. The molecule has 0 unspecified atom stereocenters. The molecular formula is C11H20N2O4. The van der Waals surface area contributed by atoms with Crippen LogP contribution in [0.5, 0.6) is 0 Å². The van der Waals surface area contributed by atoms with Crippen LogP contribution in [0.15, 0.2) is 0 Å². The van der Waals surface area contributed by atoms with E-state index in [0.29, 0.717) is 32.5 Å². The maximum Gasteiger partial charge on any atom is 0.306 e. The van der Waals surface area contributed by atoms with Crippen LogP contribution in [0, 0.1) is 10.1 Å². The van der Waals surface area contributed by atoms with Crippen molar-refractivity contribution in [2.75, 3.05) is 26.7 Å². The average Bonchev–Trinajstić information content (AvgIpc) is 2.29. The molecule has 0 aromatic rings. The maximum absolute atomic E-state index is 11.3. The number of hydrogen-bond donors (Lipinski definition) is 0. The van der Waals surface area contributed by atoms with Gasteiger partial charge in [0.25, 0.3) is 0 Å². The Labute approximate surface area is 101 Å². The van der Waals surface area contributed by atoms with Crippen molar-refractivity contribution < 1.29 is 14.5 Å². The fourth-order valence-electron chi connectivity index (χ4n) is 2.13. The molecule has 0 aromatic carbocycles. The largest absolute Gasteiger partial charge is 0.466 e.